The largest absolute Gasteiger partial charge is 0.480 e. The van der Waals surface area contributed by atoms with E-state index in [9.17, 15) is 9.59 Å². The molecule has 1 aromatic heterocycles. The van der Waals surface area contributed by atoms with Crippen molar-refractivity contribution < 1.29 is 14.7 Å². The lowest BCUT2D eigenvalue weighted by atomic mass is 10.1. The van der Waals surface area contributed by atoms with Crippen LogP contribution in [0.3, 0.4) is 0 Å². The van der Waals surface area contributed by atoms with Crippen molar-refractivity contribution in [1.29, 1.82) is 0 Å². The molecule has 1 aromatic rings. The third kappa shape index (κ3) is 2.18. The molecule has 16 heavy (non-hydrogen) atoms. The summed E-state index contributed by atoms with van der Waals surface area (Å²) in [6.45, 7) is 1.61. The molecule has 86 valence electrons. The van der Waals surface area contributed by atoms with Crippen molar-refractivity contribution in [2.75, 3.05) is 5.32 Å². The Morgan fingerprint density at radius 1 is 1.62 bits per heavy atom. The minimum Gasteiger partial charge on any atom is -0.480 e. The second kappa shape index (κ2) is 3.58. The Kier molecular flexibility index (Phi) is 2.37. The van der Waals surface area contributed by atoms with Gasteiger partial charge in [0, 0.05) is 5.41 Å². The molecule has 2 rings (SSSR count). The van der Waals surface area contributed by atoms with Gasteiger partial charge < -0.3 is 5.11 Å². The van der Waals surface area contributed by atoms with Gasteiger partial charge in [-0.2, -0.15) is 0 Å². The molecule has 1 amide bonds. The second-order valence-electron chi connectivity index (χ2n) is 4.17. The Morgan fingerprint density at radius 2 is 2.31 bits per heavy atom. The smallest absolute Gasteiger partial charge is 0.325 e. The predicted octanol–water partition coefficient (Wildman–Crippen LogP) is 0.101. The van der Waals surface area contributed by atoms with Gasteiger partial charge in [0.05, 0.1) is 0 Å². The van der Waals surface area contributed by atoms with Gasteiger partial charge in [-0.1, -0.05) is 6.92 Å². The first-order chi connectivity index (χ1) is 7.49. The van der Waals surface area contributed by atoms with Crippen LogP contribution in [0.15, 0.2) is 6.33 Å². The molecule has 7 nitrogen and oxygen atoms in total. The van der Waals surface area contributed by atoms with Gasteiger partial charge >= 0.3 is 5.97 Å². The molecular formula is C9H12N4O3. The van der Waals surface area contributed by atoms with Crippen LogP contribution in [-0.4, -0.2) is 31.7 Å². The number of hydrogen-bond acceptors (Lipinski definition) is 4. The number of rotatable bonds is 4. The van der Waals surface area contributed by atoms with E-state index in [1.54, 1.807) is 0 Å². The standard InChI is InChI=1S/C9H12N4O3/c1-9(2-3-9)7(16)11-8-10-5-13(12-8)4-6(14)15/h5H,2-4H2,1H3,(H,14,15)(H,11,12,16). The first kappa shape index (κ1) is 10.6. The fraction of sp³-hybridized carbons (Fsp3) is 0.556. The molecule has 0 bridgehead atoms. The first-order valence-corrected chi connectivity index (χ1v) is 4.92. The number of amides is 1. The van der Waals surface area contributed by atoms with Crippen molar-refractivity contribution in [3.8, 4) is 0 Å². The molecule has 1 heterocycles. The molecule has 2 N–H and O–H groups in total. The molecule has 0 spiro atoms. The van der Waals surface area contributed by atoms with Crippen LogP contribution in [0.1, 0.15) is 19.8 Å². The number of anilines is 1. The van der Waals surface area contributed by atoms with Crippen molar-refractivity contribution in [2.24, 2.45) is 5.41 Å². The van der Waals surface area contributed by atoms with E-state index in [1.165, 1.54) is 6.33 Å². The normalized spacial score (nSPS) is 16.8. The van der Waals surface area contributed by atoms with Gasteiger partial charge in [-0.25, -0.2) is 9.67 Å². The van der Waals surface area contributed by atoms with E-state index >= 15 is 0 Å². The van der Waals surface area contributed by atoms with Gasteiger partial charge in [-0.15, -0.1) is 5.10 Å². The summed E-state index contributed by atoms with van der Waals surface area (Å²) in [7, 11) is 0. The Bertz CT molecular complexity index is 436. The lowest BCUT2D eigenvalue weighted by Crippen LogP contribution is -2.22. The van der Waals surface area contributed by atoms with Crippen LogP contribution in [0.5, 0.6) is 0 Å². The summed E-state index contributed by atoms with van der Waals surface area (Å²) in [6.07, 6.45) is 3.02. The van der Waals surface area contributed by atoms with Gasteiger partial charge in [-0.3, -0.25) is 14.9 Å². The molecule has 1 saturated carbocycles. The fourth-order valence-electron chi connectivity index (χ4n) is 1.23. The Hall–Kier alpha value is -1.92. The quantitative estimate of drug-likeness (QED) is 0.756. The molecule has 0 saturated heterocycles. The zero-order valence-corrected chi connectivity index (χ0v) is 8.80. The summed E-state index contributed by atoms with van der Waals surface area (Å²) in [4.78, 5) is 25.8. The molecule has 0 radical (unpaired) electrons. The Morgan fingerprint density at radius 3 is 2.88 bits per heavy atom. The van der Waals surface area contributed by atoms with Crippen LogP contribution < -0.4 is 5.32 Å². The van der Waals surface area contributed by atoms with Gasteiger partial charge in [0.1, 0.15) is 12.9 Å². The van der Waals surface area contributed by atoms with Crippen molar-refractivity contribution in [2.45, 2.75) is 26.3 Å². The van der Waals surface area contributed by atoms with Crippen LogP contribution in [0.4, 0.5) is 5.95 Å². The van der Waals surface area contributed by atoms with E-state index in [1.807, 2.05) is 6.92 Å². The third-order valence-corrected chi connectivity index (χ3v) is 2.61. The molecule has 0 atom stereocenters. The Balaban J connectivity index is 1.97. The van der Waals surface area contributed by atoms with Gasteiger partial charge in [0.2, 0.25) is 11.9 Å². The van der Waals surface area contributed by atoms with Gasteiger partial charge in [0.25, 0.3) is 0 Å². The SMILES string of the molecule is CC1(C(=O)Nc2ncn(CC(=O)O)n2)CC1. The molecule has 1 aliphatic rings. The number of aliphatic carboxylic acids is 1. The van der Waals surface area contributed by atoms with E-state index in [4.69, 9.17) is 5.11 Å². The number of carbonyl (C=O) groups is 2. The highest BCUT2D eigenvalue weighted by Crippen LogP contribution is 2.45. The maximum Gasteiger partial charge on any atom is 0.325 e. The molecular weight excluding hydrogens is 212 g/mol. The lowest BCUT2D eigenvalue weighted by Gasteiger charge is -2.05. The highest BCUT2D eigenvalue weighted by atomic mass is 16.4. The average Bonchev–Trinajstić information content (AvgIpc) is 2.79. The number of hydrogen-bond donors (Lipinski definition) is 2. The van der Waals surface area contributed by atoms with E-state index in [0.717, 1.165) is 17.5 Å². The van der Waals surface area contributed by atoms with Crippen molar-refractivity contribution >= 4 is 17.8 Å². The summed E-state index contributed by atoms with van der Waals surface area (Å²) in [6, 6.07) is 0. The average molecular weight is 224 g/mol. The van der Waals surface area contributed by atoms with Crippen LogP contribution in [0.25, 0.3) is 0 Å². The Labute approximate surface area is 91.5 Å². The molecule has 0 aliphatic heterocycles. The van der Waals surface area contributed by atoms with E-state index in [0.29, 0.717) is 0 Å². The first-order valence-electron chi connectivity index (χ1n) is 4.92. The summed E-state index contributed by atoms with van der Waals surface area (Å²) in [5, 5.41) is 14.9. The molecule has 7 heteroatoms. The fourth-order valence-corrected chi connectivity index (χ4v) is 1.23. The zero-order chi connectivity index (χ0) is 11.8. The zero-order valence-electron chi connectivity index (χ0n) is 8.80. The second-order valence-corrected chi connectivity index (χ2v) is 4.17. The van der Waals surface area contributed by atoms with Crippen molar-refractivity contribution in [1.82, 2.24) is 14.8 Å². The predicted molar refractivity (Wildman–Crippen MR) is 53.6 cm³/mol. The number of carboxylic acids is 1. The van der Waals surface area contributed by atoms with E-state index in [-0.39, 0.29) is 23.8 Å². The van der Waals surface area contributed by atoms with Crippen LogP contribution >= 0.6 is 0 Å². The highest BCUT2D eigenvalue weighted by molar-refractivity contribution is 5.95. The van der Waals surface area contributed by atoms with E-state index in [2.05, 4.69) is 15.4 Å². The summed E-state index contributed by atoms with van der Waals surface area (Å²) >= 11 is 0. The summed E-state index contributed by atoms with van der Waals surface area (Å²) < 4.78 is 1.16. The third-order valence-electron chi connectivity index (χ3n) is 2.61. The molecule has 1 fully saturated rings. The van der Waals surface area contributed by atoms with Crippen molar-refractivity contribution in [3.05, 3.63) is 6.33 Å². The topological polar surface area (TPSA) is 97.1 Å². The molecule has 1 aliphatic carbocycles. The van der Waals surface area contributed by atoms with Crippen molar-refractivity contribution in [3.63, 3.8) is 0 Å². The monoisotopic (exact) mass is 224 g/mol. The minimum atomic E-state index is -1.00. The van der Waals surface area contributed by atoms with Crippen LogP contribution in [0, 0.1) is 5.41 Å². The van der Waals surface area contributed by atoms with Crippen LogP contribution in [0.2, 0.25) is 0 Å². The number of nitrogens with zero attached hydrogens (tertiary/aromatic N) is 3. The van der Waals surface area contributed by atoms with Crippen LogP contribution in [-0.2, 0) is 16.1 Å². The number of aromatic nitrogens is 3. The number of carboxylic acid groups (broad SMARTS) is 1. The summed E-state index contributed by atoms with van der Waals surface area (Å²) in [5.74, 6) is -0.961. The van der Waals surface area contributed by atoms with Gasteiger partial charge in [-0.05, 0) is 12.8 Å². The number of carbonyl (C=O) groups excluding carboxylic acids is 1. The molecule has 0 aromatic carbocycles. The van der Waals surface area contributed by atoms with Gasteiger partial charge in [0.15, 0.2) is 0 Å². The summed E-state index contributed by atoms with van der Waals surface area (Å²) in [5.41, 5.74) is -0.293. The minimum absolute atomic E-state index is 0.111. The number of nitrogens with one attached hydrogen (secondary N) is 1. The highest BCUT2D eigenvalue weighted by Gasteiger charge is 2.45. The lowest BCUT2D eigenvalue weighted by molar-refractivity contribution is -0.137. The maximum atomic E-state index is 11.6. The molecule has 0 unspecified atom stereocenters. The maximum absolute atomic E-state index is 11.6. The van der Waals surface area contributed by atoms with E-state index < -0.39 is 5.97 Å².